The maximum atomic E-state index is 5.73. The SMILES string of the molecule is Cc1nc2c(C)cc(Cl)nc2o1. The van der Waals surface area contributed by atoms with Crippen LogP contribution in [0.5, 0.6) is 0 Å². The van der Waals surface area contributed by atoms with E-state index >= 15 is 0 Å². The van der Waals surface area contributed by atoms with E-state index in [0.29, 0.717) is 16.8 Å². The molecule has 0 saturated carbocycles. The van der Waals surface area contributed by atoms with Crippen molar-refractivity contribution in [3.8, 4) is 0 Å². The molecule has 2 heterocycles. The first-order valence-electron chi connectivity index (χ1n) is 3.57. The summed E-state index contributed by atoms with van der Waals surface area (Å²) in [5.41, 5.74) is 2.29. The molecule has 0 spiro atoms. The molecule has 3 nitrogen and oxygen atoms in total. The molecule has 0 aromatic carbocycles. The fourth-order valence-electron chi connectivity index (χ4n) is 1.13. The summed E-state index contributed by atoms with van der Waals surface area (Å²) in [5, 5.41) is 0.441. The summed E-state index contributed by atoms with van der Waals surface area (Å²) in [6, 6.07) is 1.77. The van der Waals surface area contributed by atoms with Gasteiger partial charge in [-0.15, -0.1) is 0 Å². The minimum Gasteiger partial charge on any atom is -0.423 e. The van der Waals surface area contributed by atoms with Crippen molar-refractivity contribution >= 4 is 22.8 Å². The first kappa shape index (κ1) is 7.55. The summed E-state index contributed by atoms with van der Waals surface area (Å²) in [6.07, 6.45) is 0. The van der Waals surface area contributed by atoms with E-state index in [1.165, 1.54) is 0 Å². The van der Waals surface area contributed by atoms with Crippen molar-refractivity contribution in [2.24, 2.45) is 0 Å². The Hall–Kier alpha value is -1.09. The summed E-state index contributed by atoms with van der Waals surface area (Å²) >= 11 is 5.73. The minimum atomic E-state index is 0.441. The topological polar surface area (TPSA) is 38.9 Å². The molecule has 0 fully saturated rings. The van der Waals surface area contributed by atoms with Crippen LogP contribution in [0.25, 0.3) is 11.2 Å². The van der Waals surface area contributed by atoms with Crippen LogP contribution in [0.2, 0.25) is 5.15 Å². The van der Waals surface area contributed by atoms with Crippen LogP contribution in [0.4, 0.5) is 0 Å². The van der Waals surface area contributed by atoms with E-state index in [1.54, 1.807) is 13.0 Å². The van der Waals surface area contributed by atoms with Crippen molar-refractivity contribution in [2.45, 2.75) is 13.8 Å². The number of aromatic nitrogens is 2. The predicted molar refractivity (Wildman–Crippen MR) is 46.3 cm³/mol. The fraction of sp³-hybridized carbons (Fsp3) is 0.250. The molecule has 0 radical (unpaired) electrons. The lowest BCUT2D eigenvalue weighted by Crippen LogP contribution is -1.80. The third kappa shape index (κ3) is 1.06. The standard InChI is InChI=1S/C8H7ClN2O/c1-4-3-6(9)11-8-7(4)10-5(2)12-8/h3H,1-2H3. The smallest absolute Gasteiger partial charge is 0.248 e. The monoisotopic (exact) mass is 182 g/mol. The van der Waals surface area contributed by atoms with Crippen LogP contribution in [0, 0.1) is 13.8 Å². The Labute approximate surface area is 74.4 Å². The van der Waals surface area contributed by atoms with Gasteiger partial charge in [-0.3, -0.25) is 0 Å². The van der Waals surface area contributed by atoms with Gasteiger partial charge in [-0.2, -0.15) is 4.98 Å². The molecule has 62 valence electrons. The van der Waals surface area contributed by atoms with Crippen molar-refractivity contribution in [1.29, 1.82) is 0 Å². The lowest BCUT2D eigenvalue weighted by Gasteiger charge is -1.92. The zero-order chi connectivity index (χ0) is 8.72. The van der Waals surface area contributed by atoms with Crippen LogP contribution in [0.15, 0.2) is 10.5 Å². The fourth-order valence-corrected chi connectivity index (χ4v) is 1.37. The molecule has 0 bridgehead atoms. The second kappa shape index (κ2) is 2.45. The van der Waals surface area contributed by atoms with Gasteiger partial charge in [0.1, 0.15) is 10.7 Å². The highest BCUT2D eigenvalue weighted by molar-refractivity contribution is 6.29. The first-order valence-corrected chi connectivity index (χ1v) is 3.95. The number of hydrogen-bond acceptors (Lipinski definition) is 3. The van der Waals surface area contributed by atoms with Crippen LogP contribution in [-0.2, 0) is 0 Å². The van der Waals surface area contributed by atoms with Gasteiger partial charge < -0.3 is 4.42 Å². The van der Waals surface area contributed by atoms with Crippen LogP contribution >= 0.6 is 11.6 Å². The Balaban J connectivity index is 2.88. The molecular formula is C8H7ClN2O. The molecule has 0 N–H and O–H groups in total. The molecule has 12 heavy (non-hydrogen) atoms. The number of rotatable bonds is 0. The van der Waals surface area contributed by atoms with Gasteiger partial charge in [-0.05, 0) is 18.6 Å². The Morgan fingerprint density at radius 3 is 2.83 bits per heavy atom. The summed E-state index contributed by atoms with van der Waals surface area (Å²) in [5.74, 6) is 0.614. The third-order valence-corrected chi connectivity index (χ3v) is 1.83. The number of pyridine rings is 1. The summed E-state index contributed by atoms with van der Waals surface area (Å²) in [7, 11) is 0. The predicted octanol–water partition coefficient (Wildman–Crippen LogP) is 2.49. The van der Waals surface area contributed by atoms with E-state index in [2.05, 4.69) is 9.97 Å². The van der Waals surface area contributed by atoms with E-state index in [4.69, 9.17) is 16.0 Å². The van der Waals surface area contributed by atoms with E-state index in [0.717, 1.165) is 11.1 Å². The zero-order valence-corrected chi connectivity index (χ0v) is 7.51. The Kier molecular flexibility index (Phi) is 1.54. The largest absolute Gasteiger partial charge is 0.423 e. The van der Waals surface area contributed by atoms with Gasteiger partial charge in [-0.25, -0.2) is 4.98 Å². The maximum Gasteiger partial charge on any atom is 0.248 e. The molecule has 0 aliphatic heterocycles. The van der Waals surface area contributed by atoms with Gasteiger partial charge in [0.05, 0.1) is 0 Å². The Morgan fingerprint density at radius 1 is 1.33 bits per heavy atom. The van der Waals surface area contributed by atoms with Gasteiger partial charge in [0.2, 0.25) is 5.71 Å². The molecule has 0 saturated heterocycles. The molecule has 4 heteroatoms. The molecule has 0 atom stereocenters. The van der Waals surface area contributed by atoms with E-state index in [1.807, 2.05) is 6.92 Å². The van der Waals surface area contributed by atoms with Crippen molar-refractivity contribution in [3.63, 3.8) is 0 Å². The molecule has 0 amide bonds. The number of oxazole rings is 1. The Bertz CT molecular complexity index is 436. The second-order valence-electron chi connectivity index (χ2n) is 2.65. The van der Waals surface area contributed by atoms with Crippen molar-refractivity contribution in [3.05, 3.63) is 22.7 Å². The molecule has 2 aromatic heterocycles. The lowest BCUT2D eigenvalue weighted by atomic mass is 10.3. The van der Waals surface area contributed by atoms with Gasteiger partial charge in [0.25, 0.3) is 0 Å². The molecule has 0 unspecified atom stereocenters. The second-order valence-corrected chi connectivity index (χ2v) is 3.04. The molecular weight excluding hydrogens is 176 g/mol. The van der Waals surface area contributed by atoms with Crippen molar-refractivity contribution < 1.29 is 4.42 Å². The van der Waals surface area contributed by atoms with E-state index in [9.17, 15) is 0 Å². The third-order valence-electron chi connectivity index (χ3n) is 1.63. The van der Waals surface area contributed by atoms with Crippen LogP contribution in [-0.4, -0.2) is 9.97 Å². The van der Waals surface area contributed by atoms with E-state index in [-0.39, 0.29) is 0 Å². The summed E-state index contributed by atoms with van der Waals surface area (Å²) in [6.45, 7) is 3.72. The summed E-state index contributed by atoms with van der Waals surface area (Å²) in [4.78, 5) is 8.16. The Morgan fingerprint density at radius 2 is 2.08 bits per heavy atom. The van der Waals surface area contributed by atoms with Crippen molar-refractivity contribution in [1.82, 2.24) is 9.97 Å². The van der Waals surface area contributed by atoms with Crippen LogP contribution in [0.1, 0.15) is 11.5 Å². The average molecular weight is 183 g/mol. The molecule has 0 aliphatic rings. The van der Waals surface area contributed by atoms with Gasteiger partial charge in [0, 0.05) is 6.92 Å². The quantitative estimate of drug-likeness (QED) is 0.588. The molecule has 2 aromatic rings. The number of fused-ring (bicyclic) bond motifs is 1. The van der Waals surface area contributed by atoms with Gasteiger partial charge in [0.15, 0.2) is 5.89 Å². The maximum absolute atomic E-state index is 5.73. The highest BCUT2D eigenvalue weighted by Gasteiger charge is 2.07. The van der Waals surface area contributed by atoms with Gasteiger partial charge >= 0.3 is 0 Å². The zero-order valence-electron chi connectivity index (χ0n) is 6.76. The molecule has 2 rings (SSSR count). The van der Waals surface area contributed by atoms with Gasteiger partial charge in [-0.1, -0.05) is 11.6 Å². The van der Waals surface area contributed by atoms with E-state index < -0.39 is 0 Å². The summed E-state index contributed by atoms with van der Waals surface area (Å²) < 4.78 is 5.22. The minimum absolute atomic E-state index is 0.441. The normalized spacial score (nSPS) is 10.9. The first-order chi connectivity index (χ1) is 5.66. The number of nitrogens with zero attached hydrogens (tertiary/aromatic N) is 2. The van der Waals surface area contributed by atoms with Crippen LogP contribution in [0.3, 0.4) is 0 Å². The lowest BCUT2D eigenvalue weighted by molar-refractivity contribution is 0.551. The number of halogens is 1. The average Bonchev–Trinajstić information content (AvgIpc) is 2.29. The van der Waals surface area contributed by atoms with Crippen molar-refractivity contribution in [2.75, 3.05) is 0 Å². The number of hydrogen-bond donors (Lipinski definition) is 0. The molecule has 0 aliphatic carbocycles. The highest BCUT2D eigenvalue weighted by atomic mass is 35.5. The number of aryl methyl sites for hydroxylation is 2. The highest BCUT2D eigenvalue weighted by Crippen LogP contribution is 2.19. The van der Waals surface area contributed by atoms with Crippen LogP contribution < -0.4 is 0 Å².